The van der Waals surface area contributed by atoms with Crippen molar-refractivity contribution >= 4 is 5.91 Å². The molecule has 3 aliphatic heterocycles. The van der Waals surface area contributed by atoms with E-state index >= 15 is 0 Å². The second-order valence-electron chi connectivity index (χ2n) is 7.99. The van der Waals surface area contributed by atoms with Crippen molar-refractivity contribution in [1.82, 2.24) is 4.90 Å². The number of carbonyl (C=O) groups excluding carboxylic acids is 1. The van der Waals surface area contributed by atoms with Crippen LogP contribution in [-0.4, -0.2) is 62.5 Å². The van der Waals surface area contributed by atoms with Crippen LogP contribution >= 0.6 is 0 Å². The van der Waals surface area contributed by atoms with E-state index in [0.717, 1.165) is 58.7 Å². The molecule has 4 rings (SSSR count). The van der Waals surface area contributed by atoms with Crippen LogP contribution in [0.4, 0.5) is 4.39 Å². The van der Waals surface area contributed by atoms with Crippen molar-refractivity contribution in [3.8, 4) is 0 Å². The maximum absolute atomic E-state index is 13.4. The number of benzene rings is 1. The number of amides is 1. The molecule has 1 amide bonds. The highest BCUT2D eigenvalue weighted by Gasteiger charge is 2.54. The van der Waals surface area contributed by atoms with Crippen LogP contribution in [0.3, 0.4) is 0 Å². The zero-order valence-corrected chi connectivity index (χ0v) is 15.7. The smallest absolute Gasteiger partial charge is 0.254 e. The summed E-state index contributed by atoms with van der Waals surface area (Å²) in [5.41, 5.74) is 0.171. The predicted octanol–water partition coefficient (Wildman–Crippen LogP) is 2.89. The van der Waals surface area contributed by atoms with Gasteiger partial charge in [-0.2, -0.15) is 0 Å². The molecule has 27 heavy (non-hydrogen) atoms. The van der Waals surface area contributed by atoms with Crippen LogP contribution in [0.25, 0.3) is 0 Å². The van der Waals surface area contributed by atoms with Gasteiger partial charge in [-0.05, 0) is 55.7 Å². The van der Waals surface area contributed by atoms with Gasteiger partial charge in [-0.3, -0.25) is 4.79 Å². The van der Waals surface area contributed by atoms with Crippen LogP contribution in [0, 0.1) is 17.7 Å². The van der Waals surface area contributed by atoms with Gasteiger partial charge in [0.1, 0.15) is 11.4 Å². The minimum Gasteiger partial charge on any atom is -0.381 e. The quantitative estimate of drug-likeness (QED) is 0.716. The van der Waals surface area contributed by atoms with Gasteiger partial charge in [0.25, 0.3) is 5.91 Å². The summed E-state index contributed by atoms with van der Waals surface area (Å²) in [6.45, 7) is 5.18. The number of hydrogen-bond acceptors (Lipinski definition) is 4. The van der Waals surface area contributed by atoms with E-state index in [1.54, 1.807) is 17.0 Å². The molecule has 0 saturated carbocycles. The zero-order chi connectivity index (χ0) is 18.7. The lowest BCUT2D eigenvalue weighted by Crippen LogP contribution is -2.66. The number of ether oxygens (including phenoxy) is 3. The molecule has 1 aromatic rings. The molecule has 6 heteroatoms. The fourth-order valence-electron chi connectivity index (χ4n) is 4.48. The van der Waals surface area contributed by atoms with E-state index in [4.69, 9.17) is 14.2 Å². The highest BCUT2D eigenvalue weighted by Crippen LogP contribution is 2.42. The minimum absolute atomic E-state index is 0.120. The molecule has 3 heterocycles. The molecule has 3 aliphatic rings. The summed E-state index contributed by atoms with van der Waals surface area (Å²) in [6.07, 6.45) is 4.16. The molecule has 1 aromatic carbocycles. The average Bonchev–Trinajstić information content (AvgIpc) is 3.08. The summed E-state index contributed by atoms with van der Waals surface area (Å²) in [5, 5.41) is 0. The molecule has 0 N–H and O–H groups in total. The van der Waals surface area contributed by atoms with Crippen molar-refractivity contribution in [2.24, 2.45) is 11.8 Å². The molecule has 0 unspecified atom stereocenters. The Kier molecular flexibility index (Phi) is 5.76. The van der Waals surface area contributed by atoms with Crippen molar-refractivity contribution in [3.05, 3.63) is 35.6 Å². The van der Waals surface area contributed by atoms with E-state index in [2.05, 4.69) is 0 Å². The first-order valence-corrected chi connectivity index (χ1v) is 10.0. The van der Waals surface area contributed by atoms with Gasteiger partial charge in [0.15, 0.2) is 0 Å². The standard InChI is InChI=1S/C21H28FNO4/c22-19-3-1-2-17(12-19)20(24)23-14-21(15-23)18(7-11-27-21)6-10-26-13-16-4-8-25-9-5-16/h1-3,12,16,18H,4-11,13-15H2/t18-/m0/s1. The lowest BCUT2D eigenvalue weighted by Gasteiger charge is -2.50. The van der Waals surface area contributed by atoms with Gasteiger partial charge in [0.2, 0.25) is 0 Å². The molecule has 0 bridgehead atoms. The summed E-state index contributed by atoms with van der Waals surface area (Å²) in [5.74, 6) is 0.539. The van der Waals surface area contributed by atoms with Gasteiger partial charge >= 0.3 is 0 Å². The van der Waals surface area contributed by atoms with Crippen LogP contribution < -0.4 is 0 Å². The van der Waals surface area contributed by atoms with Crippen molar-refractivity contribution in [1.29, 1.82) is 0 Å². The monoisotopic (exact) mass is 377 g/mol. The highest BCUT2D eigenvalue weighted by atomic mass is 19.1. The number of halogens is 1. The normalized spacial score (nSPS) is 24.9. The first kappa shape index (κ1) is 18.8. The van der Waals surface area contributed by atoms with Crippen LogP contribution in [0.15, 0.2) is 24.3 Å². The molecule has 0 radical (unpaired) electrons. The SMILES string of the molecule is O=C(c1cccc(F)c1)N1CC2(C1)OCC[C@@H]2CCOCC1CCOCC1. The number of likely N-dealkylation sites (tertiary alicyclic amines) is 1. The molecule has 5 nitrogen and oxygen atoms in total. The third-order valence-corrected chi connectivity index (χ3v) is 6.18. The Bertz CT molecular complexity index is 655. The Morgan fingerprint density at radius 2 is 2.04 bits per heavy atom. The lowest BCUT2D eigenvalue weighted by atomic mass is 9.79. The fourth-order valence-corrected chi connectivity index (χ4v) is 4.48. The summed E-state index contributed by atoms with van der Waals surface area (Å²) in [7, 11) is 0. The lowest BCUT2D eigenvalue weighted by molar-refractivity contribution is -0.121. The van der Waals surface area contributed by atoms with Gasteiger partial charge in [-0.25, -0.2) is 4.39 Å². The fraction of sp³-hybridized carbons (Fsp3) is 0.667. The molecule has 1 atom stereocenters. The summed E-state index contributed by atoms with van der Waals surface area (Å²) in [4.78, 5) is 14.3. The van der Waals surface area contributed by atoms with Crippen LogP contribution in [-0.2, 0) is 14.2 Å². The molecular formula is C21H28FNO4. The van der Waals surface area contributed by atoms with Gasteiger partial charge in [-0.1, -0.05) is 6.07 Å². The van der Waals surface area contributed by atoms with Gasteiger partial charge < -0.3 is 19.1 Å². The van der Waals surface area contributed by atoms with Crippen molar-refractivity contribution in [2.45, 2.75) is 31.3 Å². The molecule has 3 saturated heterocycles. The Balaban J connectivity index is 1.23. The van der Waals surface area contributed by atoms with Crippen molar-refractivity contribution in [2.75, 3.05) is 46.1 Å². The third-order valence-electron chi connectivity index (χ3n) is 6.18. The summed E-state index contributed by atoms with van der Waals surface area (Å²) in [6, 6.07) is 5.88. The summed E-state index contributed by atoms with van der Waals surface area (Å²) < 4.78 is 30.7. The average molecular weight is 377 g/mol. The van der Waals surface area contributed by atoms with Crippen molar-refractivity contribution < 1.29 is 23.4 Å². The molecule has 0 aromatic heterocycles. The molecule has 3 fully saturated rings. The van der Waals surface area contributed by atoms with Gasteiger partial charge in [0.05, 0.1) is 13.1 Å². The first-order valence-electron chi connectivity index (χ1n) is 10.0. The summed E-state index contributed by atoms with van der Waals surface area (Å²) >= 11 is 0. The predicted molar refractivity (Wildman–Crippen MR) is 98.1 cm³/mol. The highest BCUT2D eigenvalue weighted by molar-refractivity contribution is 5.95. The second kappa shape index (κ2) is 8.25. The Labute approximate surface area is 159 Å². The third kappa shape index (κ3) is 4.18. The Morgan fingerprint density at radius 1 is 1.22 bits per heavy atom. The Hall–Kier alpha value is -1.50. The van der Waals surface area contributed by atoms with Crippen molar-refractivity contribution in [3.63, 3.8) is 0 Å². The maximum Gasteiger partial charge on any atom is 0.254 e. The van der Waals surface area contributed by atoms with E-state index in [1.807, 2.05) is 0 Å². The second-order valence-corrected chi connectivity index (χ2v) is 7.99. The van der Waals surface area contributed by atoms with Crippen LogP contribution in [0.2, 0.25) is 0 Å². The zero-order valence-electron chi connectivity index (χ0n) is 15.7. The van der Waals surface area contributed by atoms with E-state index in [-0.39, 0.29) is 17.3 Å². The van der Waals surface area contributed by atoms with E-state index in [9.17, 15) is 9.18 Å². The number of hydrogen-bond donors (Lipinski definition) is 0. The van der Waals surface area contributed by atoms with E-state index in [1.165, 1.54) is 12.1 Å². The van der Waals surface area contributed by atoms with Gasteiger partial charge in [-0.15, -0.1) is 0 Å². The van der Waals surface area contributed by atoms with Crippen LogP contribution in [0.1, 0.15) is 36.0 Å². The largest absolute Gasteiger partial charge is 0.381 e. The maximum atomic E-state index is 13.4. The molecule has 148 valence electrons. The Morgan fingerprint density at radius 3 is 2.81 bits per heavy atom. The molecular weight excluding hydrogens is 349 g/mol. The molecule has 1 spiro atoms. The first-order chi connectivity index (χ1) is 13.2. The number of rotatable bonds is 6. The number of nitrogens with zero attached hydrogens (tertiary/aromatic N) is 1. The van der Waals surface area contributed by atoms with Gasteiger partial charge in [0, 0.05) is 38.6 Å². The van der Waals surface area contributed by atoms with E-state index < -0.39 is 0 Å². The minimum atomic E-state index is -0.382. The topological polar surface area (TPSA) is 48.0 Å². The molecule has 0 aliphatic carbocycles. The van der Waals surface area contributed by atoms with E-state index in [0.29, 0.717) is 30.5 Å². The van der Waals surface area contributed by atoms with Crippen LogP contribution in [0.5, 0.6) is 0 Å². The number of carbonyl (C=O) groups is 1.